The van der Waals surface area contributed by atoms with Crippen molar-refractivity contribution in [2.45, 2.75) is 194 Å². The van der Waals surface area contributed by atoms with E-state index >= 15 is 0 Å². The van der Waals surface area contributed by atoms with E-state index in [0.717, 1.165) is 83.5 Å². The van der Waals surface area contributed by atoms with Crippen molar-refractivity contribution in [1.29, 1.82) is 0 Å². The number of esters is 2. The zero-order valence-corrected chi connectivity index (χ0v) is 34.1. The molecule has 0 heterocycles. The van der Waals surface area contributed by atoms with E-state index in [1.807, 2.05) is 0 Å². The molecular formula is C47H80O5. The second kappa shape index (κ2) is 42.8. The molecule has 5 nitrogen and oxygen atoms in total. The average Bonchev–Trinajstić information content (AvgIpc) is 3.14. The van der Waals surface area contributed by atoms with Crippen LogP contribution in [0.15, 0.2) is 72.9 Å². The predicted octanol–water partition coefficient (Wildman–Crippen LogP) is 14.0. The van der Waals surface area contributed by atoms with E-state index in [1.165, 1.54) is 70.6 Å². The fraction of sp³-hybridized carbons (Fsp3) is 0.702. The molecule has 0 aromatic rings. The Hall–Kier alpha value is -2.66. The lowest BCUT2D eigenvalue weighted by molar-refractivity contribution is -0.163. The molecule has 0 aliphatic carbocycles. The number of allylic oxidation sites excluding steroid dienone is 12. The minimum atomic E-state index is -0.555. The molecule has 0 fully saturated rings. The van der Waals surface area contributed by atoms with Gasteiger partial charge in [0, 0.05) is 19.4 Å². The lowest BCUT2D eigenvalue weighted by Gasteiger charge is -2.18. The van der Waals surface area contributed by atoms with Gasteiger partial charge in [-0.1, -0.05) is 164 Å². The molecule has 0 aromatic heterocycles. The molecule has 0 aromatic carbocycles. The lowest BCUT2D eigenvalue weighted by Crippen LogP contribution is -2.30. The van der Waals surface area contributed by atoms with Crippen molar-refractivity contribution < 1.29 is 23.8 Å². The number of hydrogen-bond acceptors (Lipinski definition) is 5. The van der Waals surface area contributed by atoms with Crippen molar-refractivity contribution >= 4 is 11.9 Å². The topological polar surface area (TPSA) is 61.8 Å². The van der Waals surface area contributed by atoms with E-state index in [4.69, 9.17) is 14.2 Å². The molecule has 0 amide bonds. The largest absolute Gasteiger partial charge is 0.462 e. The molecule has 0 aliphatic heterocycles. The molecule has 0 saturated heterocycles. The van der Waals surface area contributed by atoms with Gasteiger partial charge in [0.15, 0.2) is 6.10 Å². The molecule has 0 bridgehead atoms. The highest BCUT2D eigenvalue weighted by atomic mass is 16.6. The van der Waals surface area contributed by atoms with Gasteiger partial charge < -0.3 is 14.2 Å². The maximum atomic E-state index is 12.6. The Morgan fingerprint density at radius 2 is 0.904 bits per heavy atom. The van der Waals surface area contributed by atoms with Gasteiger partial charge in [-0.2, -0.15) is 0 Å². The van der Waals surface area contributed by atoms with Gasteiger partial charge >= 0.3 is 11.9 Å². The summed E-state index contributed by atoms with van der Waals surface area (Å²) in [6.45, 7) is 7.53. The average molecular weight is 725 g/mol. The summed E-state index contributed by atoms with van der Waals surface area (Å²) in [6, 6.07) is 0. The first kappa shape index (κ1) is 49.3. The van der Waals surface area contributed by atoms with Gasteiger partial charge in [-0.25, -0.2) is 0 Å². The van der Waals surface area contributed by atoms with Crippen LogP contribution < -0.4 is 0 Å². The number of carbonyl (C=O) groups excluding carboxylic acids is 2. The van der Waals surface area contributed by atoms with Crippen LogP contribution in [0.1, 0.15) is 188 Å². The van der Waals surface area contributed by atoms with Gasteiger partial charge in [-0.05, 0) is 83.5 Å². The zero-order chi connectivity index (χ0) is 37.8. The fourth-order valence-corrected chi connectivity index (χ4v) is 5.54. The number of rotatable bonds is 38. The number of hydrogen-bond donors (Lipinski definition) is 0. The van der Waals surface area contributed by atoms with Crippen LogP contribution in [0, 0.1) is 0 Å². The molecule has 0 N–H and O–H groups in total. The quantitative estimate of drug-likeness (QED) is 0.0360. The Kier molecular flexibility index (Phi) is 40.6. The molecule has 0 aliphatic rings. The van der Waals surface area contributed by atoms with Crippen molar-refractivity contribution in [3.05, 3.63) is 72.9 Å². The molecule has 0 spiro atoms. The van der Waals surface area contributed by atoms with Crippen LogP contribution in [0.3, 0.4) is 0 Å². The van der Waals surface area contributed by atoms with Crippen LogP contribution in [0.5, 0.6) is 0 Å². The van der Waals surface area contributed by atoms with Gasteiger partial charge in [0.25, 0.3) is 0 Å². The summed E-state index contributed by atoms with van der Waals surface area (Å²) >= 11 is 0. The van der Waals surface area contributed by atoms with Gasteiger partial charge in [0.2, 0.25) is 0 Å². The Morgan fingerprint density at radius 3 is 1.50 bits per heavy atom. The maximum Gasteiger partial charge on any atom is 0.306 e. The lowest BCUT2D eigenvalue weighted by atomic mass is 10.1. The van der Waals surface area contributed by atoms with E-state index in [9.17, 15) is 9.59 Å². The summed E-state index contributed by atoms with van der Waals surface area (Å²) in [7, 11) is 0. The second-order valence-corrected chi connectivity index (χ2v) is 13.9. The summed E-state index contributed by atoms with van der Waals surface area (Å²) in [6.07, 6.45) is 53.4. The van der Waals surface area contributed by atoms with Crippen molar-refractivity contribution in [2.24, 2.45) is 0 Å². The van der Waals surface area contributed by atoms with Gasteiger partial charge in [-0.3, -0.25) is 9.59 Å². The van der Waals surface area contributed by atoms with Crippen LogP contribution in [0.2, 0.25) is 0 Å². The van der Waals surface area contributed by atoms with E-state index in [1.54, 1.807) is 0 Å². The van der Waals surface area contributed by atoms with Crippen molar-refractivity contribution in [3.63, 3.8) is 0 Å². The predicted molar refractivity (Wildman–Crippen MR) is 224 cm³/mol. The first-order chi connectivity index (χ1) is 25.6. The first-order valence-corrected chi connectivity index (χ1v) is 21.5. The van der Waals surface area contributed by atoms with E-state index in [2.05, 4.69) is 93.7 Å². The standard InChI is InChI=1S/C47H80O5/c1-4-7-10-13-16-18-20-22-24-25-27-29-32-34-37-40-46(48)51-44-45(52-47(49)41-38-35-31-15-12-9-6-3)43-50-42-39-36-33-30-28-26-23-21-19-17-14-11-8-5-2/h7,10-11,14,16,18-19,21-22,24,27,29,45H,4-6,8-9,12-13,15,17,20,23,25-26,28,30-44H2,1-3H3/b10-7-,14-11-,18-16-,21-19-,24-22-,29-27-. The summed E-state index contributed by atoms with van der Waals surface area (Å²) in [4.78, 5) is 25.1. The Labute approximate surface area is 321 Å². The maximum absolute atomic E-state index is 12.6. The zero-order valence-electron chi connectivity index (χ0n) is 34.1. The monoisotopic (exact) mass is 725 g/mol. The minimum absolute atomic E-state index is 0.0575. The highest BCUT2D eigenvalue weighted by Crippen LogP contribution is 2.12. The van der Waals surface area contributed by atoms with Gasteiger partial charge in [0.1, 0.15) is 6.61 Å². The van der Waals surface area contributed by atoms with Crippen molar-refractivity contribution in [1.82, 2.24) is 0 Å². The molecular weight excluding hydrogens is 645 g/mol. The van der Waals surface area contributed by atoms with Crippen LogP contribution in [-0.2, 0) is 23.8 Å². The third-order valence-electron chi connectivity index (χ3n) is 8.71. The molecule has 0 rings (SSSR count). The number of carbonyl (C=O) groups is 2. The molecule has 1 unspecified atom stereocenters. The van der Waals surface area contributed by atoms with Crippen LogP contribution >= 0.6 is 0 Å². The summed E-state index contributed by atoms with van der Waals surface area (Å²) in [5.74, 6) is -0.462. The van der Waals surface area contributed by atoms with Crippen molar-refractivity contribution in [2.75, 3.05) is 19.8 Å². The number of unbranched alkanes of at least 4 members (excludes halogenated alkanes) is 15. The van der Waals surface area contributed by atoms with E-state index in [-0.39, 0.29) is 25.2 Å². The highest BCUT2D eigenvalue weighted by molar-refractivity contribution is 5.70. The van der Waals surface area contributed by atoms with E-state index < -0.39 is 6.10 Å². The third-order valence-corrected chi connectivity index (χ3v) is 8.71. The molecule has 52 heavy (non-hydrogen) atoms. The molecule has 5 heteroatoms. The number of ether oxygens (including phenoxy) is 3. The van der Waals surface area contributed by atoms with Crippen LogP contribution in [-0.4, -0.2) is 37.9 Å². The second-order valence-electron chi connectivity index (χ2n) is 13.9. The Bertz CT molecular complexity index is 957. The van der Waals surface area contributed by atoms with Crippen LogP contribution in [0.25, 0.3) is 0 Å². The summed E-state index contributed by atoms with van der Waals surface area (Å²) in [5.41, 5.74) is 0. The fourth-order valence-electron chi connectivity index (χ4n) is 5.54. The highest BCUT2D eigenvalue weighted by Gasteiger charge is 2.17. The summed E-state index contributed by atoms with van der Waals surface area (Å²) in [5, 5.41) is 0. The molecule has 0 saturated carbocycles. The minimum Gasteiger partial charge on any atom is -0.462 e. The summed E-state index contributed by atoms with van der Waals surface area (Å²) < 4.78 is 17.2. The van der Waals surface area contributed by atoms with Gasteiger partial charge in [0.05, 0.1) is 6.61 Å². The molecule has 298 valence electrons. The molecule has 1 atom stereocenters. The third kappa shape index (κ3) is 40.1. The smallest absolute Gasteiger partial charge is 0.306 e. The Morgan fingerprint density at radius 1 is 0.442 bits per heavy atom. The van der Waals surface area contributed by atoms with Gasteiger partial charge in [-0.15, -0.1) is 0 Å². The van der Waals surface area contributed by atoms with Crippen molar-refractivity contribution in [3.8, 4) is 0 Å². The first-order valence-electron chi connectivity index (χ1n) is 21.5. The Balaban J connectivity index is 4.27. The normalized spacial score (nSPS) is 12.9. The van der Waals surface area contributed by atoms with Crippen LogP contribution in [0.4, 0.5) is 0 Å². The SMILES string of the molecule is CC/C=C\C/C=C\C/C=C\C/C=C\CCCCC(=O)OCC(COCCCCCCCC/C=C\C/C=C\CCC)OC(=O)CCCCCCCCC. The molecule has 0 radical (unpaired) electrons. The van der Waals surface area contributed by atoms with E-state index in [0.29, 0.717) is 19.4 Å².